The molecule has 0 aliphatic rings. The summed E-state index contributed by atoms with van der Waals surface area (Å²) in [5.41, 5.74) is 0.316. The van der Waals surface area contributed by atoms with Gasteiger partial charge in [-0.25, -0.2) is 18.6 Å². The van der Waals surface area contributed by atoms with Gasteiger partial charge >= 0.3 is 11.9 Å². The molecule has 2 aromatic carbocycles. The molecule has 4 aromatic rings. The number of aromatic carboxylic acids is 1. The number of nitrogens with one attached hydrogen (secondary N) is 1. The zero-order valence-corrected chi connectivity index (χ0v) is 17.5. The first-order valence-electron chi connectivity index (χ1n) is 8.43. The number of halogens is 3. The van der Waals surface area contributed by atoms with Crippen LogP contribution in [0.2, 0.25) is 0 Å². The molecule has 4 rings (SSSR count). The van der Waals surface area contributed by atoms with Crippen LogP contribution in [0.5, 0.6) is 0 Å². The number of fused-ring (bicyclic) bond motifs is 1. The third kappa shape index (κ3) is 3.48. The zero-order chi connectivity index (χ0) is 21.6. The molecule has 0 saturated carbocycles. The van der Waals surface area contributed by atoms with E-state index in [1.807, 2.05) is 0 Å². The molecule has 0 atom stereocenters. The minimum absolute atomic E-state index is 0.0410. The maximum atomic E-state index is 14.4. The lowest BCUT2D eigenvalue weighted by atomic mass is 10.0. The number of aromatic nitrogens is 1. The van der Waals surface area contributed by atoms with E-state index < -0.39 is 23.5 Å². The van der Waals surface area contributed by atoms with Gasteiger partial charge in [0.05, 0.1) is 0 Å². The normalized spacial score (nSPS) is 11.1. The van der Waals surface area contributed by atoms with Gasteiger partial charge in [0, 0.05) is 21.0 Å². The van der Waals surface area contributed by atoms with Crippen LogP contribution in [0, 0.1) is 18.6 Å². The fraction of sp³-hybridized carbons (Fsp3) is 0.0500. The van der Waals surface area contributed by atoms with E-state index in [9.17, 15) is 23.5 Å². The van der Waals surface area contributed by atoms with E-state index in [4.69, 9.17) is 4.42 Å². The Balaban J connectivity index is 1.72. The zero-order valence-electron chi connectivity index (χ0n) is 15.1. The summed E-state index contributed by atoms with van der Waals surface area (Å²) < 4.78 is 34.5. The van der Waals surface area contributed by atoms with Crippen molar-refractivity contribution in [2.45, 2.75) is 6.92 Å². The molecule has 0 aliphatic carbocycles. The highest BCUT2D eigenvalue weighted by Gasteiger charge is 2.26. The molecule has 0 aliphatic heterocycles. The van der Waals surface area contributed by atoms with Crippen LogP contribution in [0.3, 0.4) is 0 Å². The number of aryl methyl sites for hydroxylation is 1. The number of anilines is 1. The summed E-state index contributed by atoms with van der Waals surface area (Å²) in [5.74, 6) is -4.64. The third-order valence-electron chi connectivity index (χ3n) is 4.34. The maximum absolute atomic E-state index is 14.4. The van der Waals surface area contributed by atoms with Crippen LogP contribution in [0.1, 0.15) is 26.6 Å². The number of carboxylic acid groups (broad SMARTS) is 1. The fourth-order valence-electron chi connectivity index (χ4n) is 2.87. The number of carbonyl (C=O) groups is 2. The topological polar surface area (TPSA) is 92.4 Å². The van der Waals surface area contributed by atoms with E-state index in [1.54, 1.807) is 18.2 Å². The molecule has 30 heavy (non-hydrogen) atoms. The molecule has 0 fully saturated rings. The van der Waals surface area contributed by atoms with E-state index >= 15 is 0 Å². The van der Waals surface area contributed by atoms with E-state index in [-0.39, 0.29) is 33.1 Å². The average Bonchev–Trinajstić information content (AvgIpc) is 3.30. The number of oxazole rings is 1. The van der Waals surface area contributed by atoms with Crippen LogP contribution in [0.25, 0.3) is 22.2 Å². The number of amides is 1. The predicted molar refractivity (Wildman–Crippen MR) is 111 cm³/mol. The third-order valence-corrected chi connectivity index (χ3v) is 5.73. The SMILES string of the molecule is Cc1ccc(-c2csc(NC(=O)c3nc4cc(Br)ccc4o3)c2C(=O)O)c(F)c1F. The lowest BCUT2D eigenvalue weighted by Gasteiger charge is -2.07. The first-order chi connectivity index (χ1) is 14.3. The minimum Gasteiger partial charge on any atom is -0.478 e. The monoisotopic (exact) mass is 492 g/mol. The minimum atomic E-state index is -1.40. The summed E-state index contributed by atoms with van der Waals surface area (Å²) in [6.07, 6.45) is 0. The van der Waals surface area contributed by atoms with Crippen LogP contribution >= 0.6 is 27.3 Å². The highest BCUT2D eigenvalue weighted by atomic mass is 79.9. The molecule has 0 spiro atoms. The second-order valence-corrected chi connectivity index (χ2v) is 8.10. The highest BCUT2D eigenvalue weighted by Crippen LogP contribution is 2.38. The molecule has 0 unspecified atom stereocenters. The summed E-state index contributed by atoms with van der Waals surface area (Å²) in [6, 6.07) is 7.66. The maximum Gasteiger partial charge on any atom is 0.339 e. The molecule has 0 radical (unpaired) electrons. The fourth-order valence-corrected chi connectivity index (χ4v) is 4.17. The van der Waals surface area contributed by atoms with Gasteiger partial charge in [-0.1, -0.05) is 28.1 Å². The molecule has 2 aromatic heterocycles. The number of carbonyl (C=O) groups excluding carboxylic acids is 1. The number of hydrogen-bond donors (Lipinski definition) is 2. The smallest absolute Gasteiger partial charge is 0.339 e. The Labute approximate surface area is 180 Å². The molecule has 0 bridgehead atoms. The van der Waals surface area contributed by atoms with Crippen molar-refractivity contribution in [1.29, 1.82) is 0 Å². The highest BCUT2D eigenvalue weighted by molar-refractivity contribution is 9.10. The first kappa shape index (κ1) is 20.2. The van der Waals surface area contributed by atoms with Gasteiger partial charge in [0.2, 0.25) is 0 Å². The molecule has 10 heteroatoms. The van der Waals surface area contributed by atoms with Crippen molar-refractivity contribution >= 4 is 55.2 Å². The van der Waals surface area contributed by atoms with Crippen molar-refractivity contribution in [1.82, 2.24) is 4.98 Å². The Kier molecular flexibility index (Phi) is 5.12. The van der Waals surface area contributed by atoms with Gasteiger partial charge in [-0.05, 0) is 30.7 Å². The largest absolute Gasteiger partial charge is 0.478 e. The summed E-state index contributed by atoms with van der Waals surface area (Å²) in [5, 5.41) is 13.4. The van der Waals surface area contributed by atoms with Gasteiger partial charge in [-0.2, -0.15) is 0 Å². The second kappa shape index (κ2) is 7.62. The number of thiophene rings is 1. The Morgan fingerprint density at radius 2 is 1.93 bits per heavy atom. The van der Waals surface area contributed by atoms with Crippen molar-refractivity contribution in [3.8, 4) is 11.1 Å². The van der Waals surface area contributed by atoms with Crippen molar-refractivity contribution in [2.75, 3.05) is 5.32 Å². The van der Waals surface area contributed by atoms with Gasteiger partial charge in [0.15, 0.2) is 17.2 Å². The second-order valence-electron chi connectivity index (χ2n) is 6.30. The lowest BCUT2D eigenvalue weighted by molar-refractivity contribution is 0.0699. The molecular weight excluding hydrogens is 482 g/mol. The van der Waals surface area contributed by atoms with Crippen LogP contribution in [0.15, 0.2) is 44.6 Å². The molecule has 1 amide bonds. The Morgan fingerprint density at radius 3 is 2.67 bits per heavy atom. The van der Waals surface area contributed by atoms with Gasteiger partial charge < -0.3 is 14.8 Å². The van der Waals surface area contributed by atoms with Crippen molar-refractivity contribution in [3.05, 3.63) is 68.8 Å². The van der Waals surface area contributed by atoms with Crippen LogP contribution in [-0.4, -0.2) is 22.0 Å². The Bertz CT molecular complexity index is 1330. The lowest BCUT2D eigenvalue weighted by Crippen LogP contribution is -2.14. The molecular formula is C20H11BrF2N2O4S. The van der Waals surface area contributed by atoms with E-state index in [0.29, 0.717) is 11.1 Å². The van der Waals surface area contributed by atoms with Crippen LogP contribution in [-0.2, 0) is 0 Å². The number of hydrogen-bond acceptors (Lipinski definition) is 5. The molecule has 152 valence electrons. The Morgan fingerprint density at radius 1 is 1.17 bits per heavy atom. The van der Waals surface area contributed by atoms with E-state index in [1.165, 1.54) is 24.4 Å². The van der Waals surface area contributed by atoms with Gasteiger partial charge in [-0.3, -0.25) is 4.79 Å². The number of carboxylic acids is 1. The van der Waals surface area contributed by atoms with Gasteiger partial charge in [0.1, 0.15) is 16.1 Å². The van der Waals surface area contributed by atoms with E-state index in [2.05, 4.69) is 26.2 Å². The van der Waals surface area contributed by atoms with Crippen LogP contribution < -0.4 is 5.32 Å². The van der Waals surface area contributed by atoms with E-state index in [0.717, 1.165) is 15.8 Å². The summed E-state index contributed by atoms with van der Waals surface area (Å²) in [7, 11) is 0. The molecule has 2 heterocycles. The summed E-state index contributed by atoms with van der Waals surface area (Å²) in [6.45, 7) is 1.40. The molecule has 6 nitrogen and oxygen atoms in total. The Hall–Kier alpha value is -3.11. The standard InChI is InChI=1S/C20H11BrF2N2O4S/c1-8-2-4-10(16(23)15(8)22)11-7-30-19(14(11)20(27)28)25-17(26)18-24-12-6-9(21)3-5-13(12)29-18/h2-7H,1H3,(H,25,26)(H,27,28). The molecule has 2 N–H and O–H groups in total. The van der Waals surface area contributed by atoms with Crippen LogP contribution in [0.4, 0.5) is 13.8 Å². The van der Waals surface area contributed by atoms with Crippen molar-refractivity contribution in [3.63, 3.8) is 0 Å². The van der Waals surface area contributed by atoms with Crippen molar-refractivity contribution < 1.29 is 27.9 Å². The quantitative estimate of drug-likeness (QED) is 0.372. The van der Waals surface area contributed by atoms with Crippen molar-refractivity contribution in [2.24, 2.45) is 0 Å². The average molecular weight is 493 g/mol. The van der Waals surface area contributed by atoms with Gasteiger partial charge in [-0.15, -0.1) is 11.3 Å². The summed E-state index contributed by atoms with van der Waals surface area (Å²) >= 11 is 4.17. The number of benzene rings is 2. The molecule has 0 saturated heterocycles. The van der Waals surface area contributed by atoms with Gasteiger partial charge in [0.25, 0.3) is 5.89 Å². The number of nitrogens with zero attached hydrogens (tertiary/aromatic N) is 1. The predicted octanol–water partition coefficient (Wildman–Crippen LogP) is 5.86. The number of rotatable bonds is 4. The first-order valence-corrected chi connectivity index (χ1v) is 10.1. The summed E-state index contributed by atoms with van der Waals surface area (Å²) in [4.78, 5) is 28.5.